The van der Waals surface area contributed by atoms with Crippen molar-refractivity contribution in [1.29, 1.82) is 0 Å². The Hall–Kier alpha value is -3.20. The number of nitrogens with zero attached hydrogens (tertiary/aromatic N) is 2. The molecule has 158 valence electrons. The smallest absolute Gasteiger partial charge is 0.316 e. The van der Waals surface area contributed by atoms with E-state index in [4.69, 9.17) is 0 Å². The Labute approximate surface area is 173 Å². The van der Waals surface area contributed by atoms with Crippen LogP contribution in [-0.2, 0) is 28.7 Å². The molecule has 0 bridgehead atoms. The van der Waals surface area contributed by atoms with Crippen LogP contribution in [0.1, 0.15) is 17.5 Å². The van der Waals surface area contributed by atoms with Gasteiger partial charge in [0.25, 0.3) is 0 Å². The zero-order valence-electron chi connectivity index (χ0n) is 17.2. The minimum Gasteiger partial charge on any atom is -0.326 e. The number of amides is 1. The molecule has 1 heterocycles. The molecule has 0 radical (unpaired) electrons. The molecule has 0 aliphatic heterocycles. The largest absolute Gasteiger partial charge is 0.326 e. The molecule has 0 saturated heterocycles. The number of anilines is 1. The quantitative estimate of drug-likeness (QED) is 0.621. The number of fused-ring (bicyclic) bond motifs is 1. The van der Waals surface area contributed by atoms with E-state index in [2.05, 4.69) is 5.32 Å². The van der Waals surface area contributed by atoms with E-state index in [0.29, 0.717) is 16.7 Å². The summed E-state index contributed by atoms with van der Waals surface area (Å²) in [4.78, 5) is 36.2. The fourth-order valence-electron chi connectivity index (χ4n) is 3.27. The van der Waals surface area contributed by atoms with Gasteiger partial charge < -0.3 is 14.5 Å². The van der Waals surface area contributed by atoms with Gasteiger partial charge in [-0.25, -0.2) is 8.42 Å². The first-order valence-electron chi connectivity index (χ1n) is 9.31. The maximum absolute atomic E-state index is 12.8. The number of carbonyl (C=O) groups excluding carboxylic acids is 1. The number of hydrogen-bond donors (Lipinski definition) is 1. The van der Waals surface area contributed by atoms with Crippen LogP contribution >= 0.6 is 0 Å². The van der Waals surface area contributed by atoms with Crippen molar-refractivity contribution in [2.24, 2.45) is 14.1 Å². The molecule has 0 unspecified atom stereocenters. The van der Waals surface area contributed by atoms with E-state index in [0.717, 1.165) is 15.7 Å². The average Bonchev–Trinajstić information content (AvgIpc) is 2.71. The second-order valence-electron chi connectivity index (χ2n) is 7.31. The second-order valence-corrected chi connectivity index (χ2v) is 9.42. The van der Waals surface area contributed by atoms with E-state index in [-0.39, 0.29) is 17.1 Å². The highest BCUT2D eigenvalue weighted by Crippen LogP contribution is 2.20. The van der Waals surface area contributed by atoms with Crippen molar-refractivity contribution >= 4 is 32.5 Å². The van der Waals surface area contributed by atoms with Crippen LogP contribution < -0.4 is 16.4 Å². The Balaban J connectivity index is 1.83. The fourth-order valence-corrected chi connectivity index (χ4v) is 4.52. The lowest BCUT2D eigenvalue weighted by molar-refractivity contribution is -0.115. The number of aromatic nitrogens is 2. The molecule has 8 nitrogen and oxygen atoms in total. The highest BCUT2D eigenvalue weighted by Gasteiger charge is 2.19. The van der Waals surface area contributed by atoms with Crippen LogP contribution in [0.25, 0.3) is 11.0 Å². The predicted molar refractivity (Wildman–Crippen MR) is 116 cm³/mol. The van der Waals surface area contributed by atoms with Crippen molar-refractivity contribution in [3.8, 4) is 0 Å². The molecular weight excluding hydrogens is 406 g/mol. The third-order valence-corrected chi connectivity index (χ3v) is 6.79. The lowest BCUT2D eigenvalue weighted by Gasteiger charge is -2.12. The number of rotatable bonds is 5. The third kappa shape index (κ3) is 4.06. The Morgan fingerprint density at radius 2 is 1.57 bits per heavy atom. The van der Waals surface area contributed by atoms with Crippen LogP contribution in [0.5, 0.6) is 0 Å². The zero-order valence-corrected chi connectivity index (χ0v) is 18.0. The first-order valence-corrected chi connectivity index (χ1v) is 11.0. The van der Waals surface area contributed by atoms with Gasteiger partial charge in [0.1, 0.15) is 0 Å². The highest BCUT2D eigenvalue weighted by atomic mass is 32.2. The SMILES string of the molecule is Cc1ccc(NC(=O)CCS(=O)(=O)c2ccc3c(c2)n(C)c(=O)c(=O)n3C)c(C)c1. The van der Waals surface area contributed by atoms with Crippen LogP contribution in [0, 0.1) is 13.8 Å². The number of nitrogens with one attached hydrogen (secondary N) is 1. The molecule has 0 aliphatic carbocycles. The van der Waals surface area contributed by atoms with E-state index in [1.807, 2.05) is 26.0 Å². The maximum atomic E-state index is 12.8. The van der Waals surface area contributed by atoms with Gasteiger partial charge in [0.05, 0.1) is 21.7 Å². The Bertz CT molecular complexity index is 1380. The Morgan fingerprint density at radius 3 is 2.20 bits per heavy atom. The number of sulfone groups is 1. The highest BCUT2D eigenvalue weighted by molar-refractivity contribution is 7.91. The molecular formula is C21H23N3O5S. The van der Waals surface area contributed by atoms with Gasteiger partial charge in [0.15, 0.2) is 9.84 Å². The normalized spacial score (nSPS) is 11.6. The summed E-state index contributed by atoms with van der Waals surface area (Å²) in [7, 11) is -0.900. The Kier molecular flexibility index (Phi) is 5.67. The molecule has 1 amide bonds. The molecule has 0 fully saturated rings. The molecule has 3 aromatic rings. The predicted octanol–water partition coefficient (Wildman–Crippen LogP) is 1.66. The lowest BCUT2D eigenvalue weighted by atomic mass is 10.1. The number of benzene rings is 2. The van der Waals surface area contributed by atoms with Crippen molar-refractivity contribution in [3.63, 3.8) is 0 Å². The molecule has 1 N–H and O–H groups in total. The summed E-state index contributed by atoms with van der Waals surface area (Å²) < 4.78 is 27.8. The van der Waals surface area contributed by atoms with Crippen molar-refractivity contribution in [2.75, 3.05) is 11.1 Å². The second kappa shape index (κ2) is 7.91. The van der Waals surface area contributed by atoms with Crippen molar-refractivity contribution in [3.05, 3.63) is 68.2 Å². The van der Waals surface area contributed by atoms with Gasteiger partial charge in [-0.2, -0.15) is 0 Å². The molecule has 0 aliphatic rings. The van der Waals surface area contributed by atoms with Gasteiger partial charge in [-0.15, -0.1) is 0 Å². The number of hydrogen-bond acceptors (Lipinski definition) is 5. The summed E-state index contributed by atoms with van der Waals surface area (Å²) >= 11 is 0. The minimum atomic E-state index is -3.77. The van der Waals surface area contributed by atoms with Gasteiger partial charge >= 0.3 is 11.1 Å². The molecule has 2 aromatic carbocycles. The van der Waals surface area contributed by atoms with E-state index >= 15 is 0 Å². The first kappa shape index (κ1) is 21.5. The van der Waals surface area contributed by atoms with E-state index in [1.165, 1.54) is 36.9 Å². The topological polar surface area (TPSA) is 107 Å². The third-order valence-electron chi connectivity index (χ3n) is 5.07. The van der Waals surface area contributed by atoms with Crippen LogP contribution in [0.3, 0.4) is 0 Å². The summed E-state index contributed by atoms with van der Waals surface area (Å²) in [6, 6.07) is 9.80. The molecule has 0 spiro atoms. The van der Waals surface area contributed by atoms with Crippen molar-refractivity contribution in [1.82, 2.24) is 9.13 Å². The van der Waals surface area contributed by atoms with Gasteiger partial charge in [0, 0.05) is 26.2 Å². The van der Waals surface area contributed by atoms with Crippen molar-refractivity contribution in [2.45, 2.75) is 25.2 Å². The molecule has 9 heteroatoms. The average molecular weight is 429 g/mol. The maximum Gasteiger partial charge on any atom is 0.316 e. The van der Waals surface area contributed by atoms with E-state index in [9.17, 15) is 22.8 Å². The summed E-state index contributed by atoms with van der Waals surface area (Å²) in [5.74, 6) is -0.782. The van der Waals surface area contributed by atoms with Crippen LogP contribution in [0.2, 0.25) is 0 Å². The summed E-state index contributed by atoms with van der Waals surface area (Å²) in [5, 5.41) is 2.73. The molecule has 3 rings (SSSR count). The van der Waals surface area contributed by atoms with Gasteiger partial charge in [0.2, 0.25) is 5.91 Å². The first-order chi connectivity index (χ1) is 14.0. The molecule has 0 atom stereocenters. The van der Waals surface area contributed by atoms with E-state index < -0.39 is 26.9 Å². The standard InChI is InChI=1S/C21H23N3O5S/c1-13-5-7-16(14(2)11-13)22-19(25)9-10-30(28,29)15-6-8-17-18(12-15)24(4)21(27)20(26)23(17)3/h5-8,11-12H,9-10H2,1-4H3,(H,22,25). The Morgan fingerprint density at radius 1 is 0.933 bits per heavy atom. The number of aryl methyl sites for hydroxylation is 4. The summed E-state index contributed by atoms with van der Waals surface area (Å²) in [6.07, 6.45) is -0.208. The molecule has 0 saturated carbocycles. The van der Waals surface area contributed by atoms with Gasteiger partial charge in [-0.1, -0.05) is 17.7 Å². The zero-order chi connectivity index (χ0) is 22.2. The fraction of sp³-hybridized carbons (Fsp3) is 0.286. The van der Waals surface area contributed by atoms with Crippen LogP contribution in [-0.4, -0.2) is 29.2 Å². The summed E-state index contributed by atoms with van der Waals surface area (Å²) in [5.41, 5.74) is 1.93. The molecule has 1 aromatic heterocycles. The van der Waals surface area contributed by atoms with Gasteiger partial charge in [-0.05, 0) is 43.7 Å². The summed E-state index contributed by atoms with van der Waals surface area (Å²) in [6.45, 7) is 3.81. The van der Waals surface area contributed by atoms with E-state index in [1.54, 1.807) is 6.07 Å². The number of carbonyl (C=O) groups is 1. The lowest BCUT2D eigenvalue weighted by Crippen LogP contribution is -2.39. The van der Waals surface area contributed by atoms with Crippen molar-refractivity contribution < 1.29 is 13.2 Å². The van der Waals surface area contributed by atoms with Crippen LogP contribution in [0.15, 0.2) is 50.9 Å². The minimum absolute atomic E-state index is 0.0111. The van der Waals surface area contributed by atoms with Gasteiger partial charge in [-0.3, -0.25) is 14.4 Å². The van der Waals surface area contributed by atoms with Crippen LogP contribution in [0.4, 0.5) is 5.69 Å². The molecule has 30 heavy (non-hydrogen) atoms. The monoisotopic (exact) mass is 429 g/mol.